The number of aliphatic hydroxyl groups excluding tert-OH is 1. The Hall–Kier alpha value is -2.27. The molecule has 3 nitrogen and oxygen atoms in total. The summed E-state index contributed by atoms with van der Waals surface area (Å²) in [5, 5.41) is 11.8. The SMILES string of the molecule is O=C(N[C@@H](CO)Cc1ccccc1)c1c(F)cccc1F. The number of hydrogen-bond donors (Lipinski definition) is 2. The van der Waals surface area contributed by atoms with Crippen LogP contribution in [0.2, 0.25) is 0 Å². The summed E-state index contributed by atoms with van der Waals surface area (Å²) in [6, 6.07) is 11.8. The Balaban J connectivity index is 2.10. The van der Waals surface area contributed by atoms with E-state index in [1.54, 1.807) is 0 Å². The van der Waals surface area contributed by atoms with Gasteiger partial charge in [-0.3, -0.25) is 4.79 Å². The molecule has 2 N–H and O–H groups in total. The molecule has 5 heteroatoms. The second kappa shape index (κ2) is 6.95. The summed E-state index contributed by atoms with van der Waals surface area (Å²) < 4.78 is 27.0. The van der Waals surface area contributed by atoms with Crippen LogP contribution in [0.3, 0.4) is 0 Å². The fourth-order valence-corrected chi connectivity index (χ4v) is 2.03. The minimum atomic E-state index is -0.927. The Bertz CT molecular complexity index is 597. The van der Waals surface area contributed by atoms with Gasteiger partial charge < -0.3 is 10.4 Å². The third kappa shape index (κ3) is 3.86. The minimum Gasteiger partial charge on any atom is -0.394 e. The lowest BCUT2D eigenvalue weighted by molar-refractivity contribution is 0.0908. The maximum Gasteiger partial charge on any atom is 0.257 e. The maximum atomic E-state index is 13.5. The van der Waals surface area contributed by atoms with E-state index < -0.39 is 29.1 Å². The fourth-order valence-electron chi connectivity index (χ4n) is 2.03. The molecule has 0 aliphatic rings. The van der Waals surface area contributed by atoms with E-state index in [9.17, 15) is 18.7 Å². The van der Waals surface area contributed by atoms with Crippen LogP contribution in [0.4, 0.5) is 8.78 Å². The average molecular weight is 291 g/mol. The van der Waals surface area contributed by atoms with E-state index >= 15 is 0 Å². The molecule has 1 atom stereocenters. The minimum absolute atomic E-state index is 0.323. The van der Waals surface area contributed by atoms with Crippen LogP contribution < -0.4 is 5.32 Å². The third-order valence-corrected chi connectivity index (χ3v) is 3.07. The first-order valence-electron chi connectivity index (χ1n) is 6.51. The van der Waals surface area contributed by atoms with Gasteiger partial charge in [0.05, 0.1) is 12.6 Å². The van der Waals surface area contributed by atoms with Crippen LogP contribution in [0.15, 0.2) is 48.5 Å². The molecule has 2 rings (SSSR count). The van der Waals surface area contributed by atoms with Gasteiger partial charge in [-0.1, -0.05) is 36.4 Å². The second-order valence-corrected chi connectivity index (χ2v) is 4.64. The Morgan fingerprint density at radius 2 is 1.67 bits per heavy atom. The topological polar surface area (TPSA) is 49.3 Å². The number of halogens is 2. The number of rotatable bonds is 5. The normalized spacial score (nSPS) is 12.0. The standard InChI is InChI=1S/C16H15F2NO2/c17-13-7-4-8-14(18)15(13)16(21)19-12(10-20)9-11-5-2-1-3-6-11/h1-8,12,20H,9-10H2,(H,19,21)/t12-/m1/s1. The number of nitrogens with one attached hydrogen (secondary N) is 1. The summed E-state index contributed by atoms with van der Waals surface area (Å²) in [5.74, 6) is -2.73. The average Bonchev–Trinajstić information content (AvgIpc) is 2.47. The van der Waals surface area contributed by atoms with Crippen LogP contribution >= 0.6 is 0 Å². The number of carbonyl (C=O) groups excluding carboxylic acids is 1. The van der Waals surface area contributed by atoms with E-state index in [0.29, 0.717) is 6.42 Å². The van der Waals surface area contributed by atoms with Gasteiger partial charge in [0.2, 0.25) is 0 Å². The zero-order valence-electron chi connectivity index (χ0n) is 11.2. The monoisotopic (exact) mass is 291 g/mol. The molecule has 0 bridgehead atoms. The summed E-state index contributed by atoms with van der Waals surface area (Å²) in [7, 11) is 0. The van der Waals surface area contributed by atoms with E-state index in [-0.39, 0.29) is 6.61 Å². The Morgan fingerprint density at radius 3 is 2.24 bits per heavy atom. The number of hydrogen-bond acceptors (Lipinski definition) is 2. The van der Waals surface area contributed by atoms with Crippen molar-refractivity contribution in [3.63, 3.8) is 0 Å². The highest BCUT2D eigenvalue weighted by atomic mass is 19.1. The van der Waals surface area contributed by atoms with Crippen molar-refractivity contribution in [3.8, 4) is 0 Å². The molecular weight excluding hydrogens is 276 g/mol. The van der Waals surface area contributed by atoms with Crippen molar-refractivity contribution in [2.75, 3.05) is 6.61 Å². The molecule has 0 aliphatic carbocycles. The highest BCUT2D eigenvalue weighted by Gasteiger charge is 2.20. The molecule has 0 radical (unpaired) electrons. The largest absolute Gasteiger partial charge is 0.394 e. The second-order valence-electron chi connectivity index (χ2n) is 4.64. The molecule has 21 heavy (non-hydrogen) atoms. The molecule has 2 aromatic rings. The summed E-state index contributed by atoms with van der Waals surface area (Å²) in [5.41, 5.74) is 0.273. The molecule has 0 aromatic heterocycles. The van der Waals surface area contributed by atoms with Crippen molar-refractivity contribution in [1.82, 2.24) is 5.32 Å². The van der Waals surface area contributed by atoms with Gasteiger partial charge in [-0.25, -0.2) is 8.78 Å². The molecule has 0 fully saturated rings. The van der Waals surface area contributed by atoms with Crippen LogP contribution in [-0.4, -0.2) is 23.7 Å². The zero-order valence-corrected chi connectivity index (χ0v) is 11.2. The Kier molecular flexibility index (Phi) is 5.00. The number of benzene rings is 2. The van der Waals surface area contributed by atoms with E-state index in [4.69, 9.17) is 0 Å². The molecule has 0 saturated heterocycles. The fraction of sp³-hybridized carbons (Fsp3) is 0.188. The van der Waals surface area contributed by atoms with Crippen LogP contribution in [0.5, 0.6) is 0 Å². The van der Waals surface area contributed by atoms with E-state index in [1.165, 1.54) is 6.07 Å². The van der Waals surface area contributed by atoms with Crippen molar-refractivity contribution >= 4 is 5.91 Å². The third-order valence-electron chi connectivity index (χ3n) is 3.07. The van der Waals surface area contributed by atoms with Gasteiger partial charge in [-0.2, -0.15) is 0 Å². The van der Waals surface area contributed by atoms with Gasteiger partial charge in [0.25, 0.3) is 5.91 Å². The first kappa shape index (κ1) is 15.1. The zero-order chi connectivity index (χ0) is 15.2. The van der Waals surface area contributed by atoms with Crippen molar-refractivity contribution in [1.29, 1.82) is 0 Å². The lowest BCUT2D eigenvalue weighted by Crippen LogP contribution is -2.39. The highest BCUT2D eigenvalue weighted by Crippen LogP contribution is 2.12. The van der Waals surface area contributed by atoms with Crippen LogP contribution in [0.1, 0.15) is 15.9 Å². The molecule has 110 valence electrons. The molecular formula is C16H15F2NO2. The lowest BCUT2D eigenvalue weighted by atomic mass is 10.1. The molecule has 0 spiro atoms. The molecule has 1 amide bonds. The van der Waals surface area contributed by atoms with Crippen molar-refractivity contribution in [2.24, 2.45) is 0 Å². The maximum absolute atomic E-state index is 13.5. The quantitative estimate of drug-likeness (QED) is 0.888. The molecule has 0 heterocycles. The van der Waals surface area contributed by atoms with Gasteiger partial charge in [-0.05, 0) is 24.1 Å². The first-order valence-corrected chi connectivity index (χ1v) is 6.51. The van der Waals surface area contributed by atoms with Crippen molar-refractivity contribution < 1.29 is 18.7 Å². The Morgan fingerprint density at radius 1 is 1.05 bits per heavy atom. The van der Waals surface area contributed by atoms with Gasteiger partial charge in [-0.15, -0.1) is 0 Å². The van der Waals surface area contributed by atoms with Gasteiger partial charge >= 0.3 is 0 Å². The summed E-state index contributed by atoms with van der Waals surface area (Å²) >= 11 is 0. The molecule has 0 aliphatic heterocycles. The predicted octanol–water partition coefficient (Wildman–Crippen LogP) is 2.30. The number of amides is 1. The van der Waals surface area contributed by atoms with Crippen molar-refractivity contribution in [2.45, 2.75) is 12.5 Å². The number of aliphatic hydroxyl groups is 1. The molecule has 0 saturated carbocycles. The smallest absolute Gasteiger partial charge is 0.257 e. The van der Waals surface area contributed by atoms with E-state index in [1.807, 2.05) is 30.3 Å². The highest BCUT2D eigenvalue weighted by molar-refractivity contribution is 5.94. The van der Waals surface area contributed by atoms with E-state index in [2.05, 4.69) is 5.32 Å². The van der Waals surface area contributed by atoms with Gasteiger partial charge in [0.1, 0.15) is 17.2 Å². The van der Waals surface area contributed by atoms with E-state index in [0.717, 1.165) is 17.7 Å². The first-order chi connectivity index (χ1) is 10.1. The lowest BCUT2D eigenvalue weighted by Gasteiger charge is -2.17. The van der Waals surface area contributed by atoms with Crippen LogP contribution in [0, 0.1) is 11.6 Å². The predicted molar refractivity (Wildman–Crippen MR) is 74.8 cm³/mol. The van der Waals surface area contributed by atoms with Gasteiger partial charge in [0.15, 0.2) is 0 Å². The van der Waals surface area contributed by atoms with Crippen LogP contribution in [-0.2, 0) is 6.42 Å². The molecule has 2 aromatic carbocycles. The van der Waals surface area contributed by atoms with Crippen molar-refractivity contribution in [3.05, 3.63) is 71.3 Å². The van der Waals surface area contributed by atoms with Gasteiger partial charge in [0, 0.05) is 0 Å². The summed E-state index contributed by atoms with van der Waals surface area (Å²) in [4.78, 5) is 11.9. The van der Waals surface area contributed by atoms with Crippen LogP contribution in [0.25, 0.3) is 0 Å². The summed E-state index contributed by atoms with van der Waals surface area (Å²) in [6.07, 6.45) is 0.374. The summed E-state index contributed by atoms with van der Waals surface area (Å²) in [6.45, 7) is -0.323. The number of carbonyl (C=O) groups is 1. The Labute approximate surface area is 121 Å². The molecule has 0 unspecified atom stereocenters.